The summed E-state index contributed by atoms with van der Waals surface area (Å²) in [6.45, 7) is 1.36. The van der Waals surface area contributed by atoms with E-state index in [2.05, 4.69) is 5.32 Å². The fourth-order valence-corrected chi connectivity index (χ4v) is 2.08. The largest absolute Gasteiger partial charge is 0.494 e. The molecule has 0 spiro atoms. The van der Waals surface area contributed by atoms with E-state index in [-0.39, 0.29) is 17.9 Å². The summed E-state index contributed by atoms with van der Waals surface area (Å²) in [5.74, 6) is -2.50. The normalized spacial score (nSPS) is 11.5. The van der Waals surface area contributed by atoms with Crippen molar-refractivity contribution in [3.05, 3.63) is 59.7 Å². The van der Waals surface area contributed by atoms with Gasteiger partial charge in [-0.1, -0.05) is 18.2 Å². The van der Waals surface area contributed by atoms with Crippen LogP contribution in [0.25, 0.3) is 0 Å². The molecule has 0 heterocycles. The summed E-state index contributed by atoms with van der Waals surface area (Å²) in [6.07, 6.45) is -1.34. The third kappa shape index (κ3) is 5.00. The molecule has 0 aliphatic carbocycles. The van der Waals surface area contributed by atoms with Crippen LogP contribution in [0, 0.1) is 11.6 Å². The van der Waals surface area contributed by atoms with Crippen molar-refractivity contribution in [3.8, 4) is 5.75 Å². The van der Waals surface area contributed by atoms with Crippen LogP contribution in [0.1, 0.15) is 12.5 Å². The molecule has 1 N–H and O–H groups in total. The van der Waals surface area contributed by atoms with Gasteiger partial charge in [-0.2, -0.15) is 0 Å². The number of benzene rings is 2. The Balaban J connectivity index is 1.92. The first kappa shape index (κ1) is 18.4. The molecule has 0 aromatic heterocycles. The molecule has 2 rings (SSSR count). The van der Waals surface area contributed by atoms with Crippen molar-refractivity contribution in [1.82, 2.24) is 0 Å². The van der Waals surface area contributed by atoms with E-state index in [1.54, 1.807) is 6.07 Å². The van der Waals surface area contributed by atoms with Gasteiger partial charge in [-0.15, -0.1) is 0 Å². The third-order valence-electron chi connectivity index (χ3n) is 3.37. The lowest BCUT2D eigenvalue weighted by Gasteiger charge is -2.14. The fourth-order valence-electron chi connectivity index (χ4n) is 2.08. The van der Waals surface area contributed by atoms with Gasteiger partial charge < -0.3 is 14.8 Å². The smallest absolute Gasteiger partial charge is 0.311 e. The molecule has 0 aliphatic heterocycles. The number of hydrogen-bond acceptors (Lipinski definition) is 4. The first-order valence-corrected chi connectivity index (χ1v) is 7.48. The maximum Gasteiger partial charge on any atom is 0.311 e. The van der Waals surface area contributed by atoms with Crippen molar-refractivity contribution >= 4 is 17.6 Å². The molecule has 1 amide bonds. The molecule has 0 aliphatic rings. The zero-order valence-corrected chi connectivity index (χ0v) is 13.7. The lowest BCUT2D eigenvalue weighted by molar-refractivity contribution is -0.152. The number of rotatable bonds is 6. The van der Waals surface area contributed by atoms with E-state index in [1.807, 2.05) is 0 Å². The maximum atomic E-state index is 13.6. The molecule has 5 nitrogen and oxygen atoms in total. The molecule has 0 saturated heterocycles. The minimum atomic E-state index is -1.13. The van der Waals surface area contributed by atoms with Gasteiger partial charge in [0.05, 0.1) is 19.2 Å². The Kier molecular flexibility index (Phi) is 6.05. The second-order valence-corrected chi connectivity index (χ2v) is 5.25. The topological polar surface area (TPSA) is 64.6 Å². The van der Waals surface area contributed by atoms with Crippen LogP contribution in [-0.2, 0) is 20.7 Å². The van der Waals surface area contributed by atoms with Gasteiger partial charge in [-0.25, -0.2) is 8.78 Å². The first-order valence-electron chi connectivity index (χ1n) is 7.48. The highest BCUT2D eigenvalue weighted by Crippen LogP contribution is 2.18. The molecular weight excluding hydrogens is 332 g/mol. The predicted molar refractivity (Wildman–Crippen MR) is 87.2 cm³/mol. The number of nitrogens with one attached hydrogen (secondary N) is 1. The van der Waals surface area contributed by atoms with E-state index in [9.17, 15) is 18.4 Å². The molecule has 2 aromatic rings. The highest BCUT2D eigenvalue weighted by atomic mass is 19.1. The highest BCUT2D eigenvalue weighted by molar-refractivity contribution is 5.95. The average molecular weight is 349 g/mol. The number of esters is 1. The van der Waals surface area contributed by atoms with Crippen LogP contribution in [0.3, 0.4) is 0 Å². The van der Waals surface area contributed by atoms with Crippen molar-refractivity contribution in [3.63, 3.8) is 0 Å². The number of hydrogen-bond donors (Lipinski definition) is 1. The molecule has 0 radical (unpaired) electrons. The number of carbonyl (C=O) groups excluding carboxylic acids is 2. The quantitative estimate of drug-likeness (QED) is 0.814. The molecule has 0 saturated carbocycles. The summed E-state index contributed by atoms with van der Waals surface area (Å²) in [5, 5.41) is 2.34. The van der Waals surface area contributed by atoms with E-state index in [1.165, 1.54) is 44.4 Å². The molecule has 25 heavy (non-hydrogen) atoms. The van der Waals surface area contributed by atoms with Gasteiger partial charge >= 0.3 is 5.97 Å². The second-order valence-electron chi connectivity index (χ2n) is 5.25. The molecule has 0 fully saturated rings. The minimum absolute atomic E-state index is 0.00683. The molecule has 0 bridgehead atoms. The van der Waals surface area contributed by atoms with E-state index in [0.717, 1.165) is 6.07 Å². The van der Waals surface area contributed by atoms with Gasteiger partial charge in [0, 0.05) is 0 Å². The number of anilines is 1. The Bertz CT molecular complexity index is 779. The maximum absolute atomic E-state index is 13.6. The van der Waals surface area contributed by atoms with Crippen LogP contribution < -0.4 is 10.1 Å². The lowest BCUT2D eigenvalue weighted by Crippen LogP contribution is -2.30. The Hall–Kier alpha value is -2.96. The van der Waals surface area contributed by atoms with Gasteiger partial charge in [0.15, 0.2) is 17.7 Å². The van der Waals surface area contributed by atoms with E-state index < -0.39 is 29.6 Å². The van der Waals surface area contributed by atoms with Crippen molar-refractivity contribution in [2.24, 2.45) is 0 Å². The summed E-state index contributed by atoms with van der Waals surface area (Å²) in [5.41, 5.74) is 0.373. The van der Waals surface area contributed by atoms with Crippen molar-refractivity contribution in [1.29, 1.82) is 0 Å². The number of ether oxygens (including phenoxy) is 2. The lowest BCUT2D eigenvalue weighted by atomic mass is 10.1. The summed E-state index contributed by atoms with van der Waals surface area (Å²) in [6, 6.07) is 9.71. The highest BCUT2D eigenvalue weighted by Gasteiger charge is 2.19. The molecule has 132 valence electrons. The average Bonchev–Trinajstić information content (AvgIpc) is 2.57. The van der Waals surface area contributed by atoms with E-state index in [4.69, 9.17) is 9.47 Å². The SMILES string of the molecule is COc1ccc(CC(=O)O[C@H](C)C(=O)Nc2ccccc2F)cc1F. The van der Waals surface area contributed by atoms with Crippen LogP contribution >= 0.6 is 0 Å². The summed E-state index contributed by atoms with van der Waals surface area (Å²) in [4.78, 5) is 23.8. The third-order valence-corrected chi connectivity index (χ3v) is 3.37. The van der Waals surface area contributed by atoms with Crippen LogP contribution in [0.4, 0.5) is 14.5 Å². The second kappa shape index (κ2) is 8.23. The number of methoxy groups -OCH3 is 1. The van der Waals surface area contributed by atoms with Crippen LogP contribution in [0.2, 0.25) is 0 Å². The van der Waals surface area contributed by atoms with Gasteiger partial charge in [0.25, 0.3) is 5.91 Å². The van der Waals surface area contributed by atoms with E-state index in [0.29, 0.717) is 5.56 Å². The van der Waals surface area contributed by atoms with Crippen molar-refractivity contribution < 1.29 is 27.8 Å². The summed E-state index contributed by atoms with van der Waals surface area (Å²) < 4.78 is 36.9. The Morgan fingerprint density at radius 1 is 1.12 bits per heavy atom. The minimum Gasteiger partial charge on any atom is -0.494 e. The van der Waals surface area contributed by atoms with Crippen molar-refractivity contribution in [2.75, 3.05) is 12.4 Å². The molecule has 2 aromatic carbocycles. The van der Waals surface area contributed by atoms with Crippen LogP contribution in [0.15, 0.2) is 42.5 Å². The predicted octanol–water partition coefficient (Wildman–Crippen LogP) is 3.09. The van der Waals surface area contributed by atoms with Gasteiger partial charge in [0.2, 0.25) is 0 Å². The number of para-hydroxylation sites is 1. The fraction of sp³-hybridized carbons (Fsp3) is 0.222. The van der Waals surface area contributed by atoms with Crippen LogP contribution in [0.5, 0.6) is 5.75 Å². The Labute approximate surface area is 143 Å². The summed E-state index contributed by atoms with van der Waals surface area (Å²) >= 11 is 0. The number of halogens is 2. The van der Waals surface area contributed by atoms with Crippen molar-refractivity contribution in [2.45, 2.75) is 19.4 Å². The molecule has 0 unspecified atom stereocenters. The van der Waals surface area contributed by atoms with Gasteiger partial charge in [0.1, 0.15) is 5.82 Å². The molecule has 7 heteroatoms. The molecule has 1 atom stereocenters. The standard InChI is InChI=1S/C18H17F2NO4/c1-11(18(23)21-15-6-4-3-5-13(15)19)25-17(22)10-12-7-8-16(24-2)14(20)9-12/h3-9,11H,10H2,1-2H3,(H,21,23)/t11-/m1/s1. The number of amides is 1. The Morgan fingerprint density at radius 3 is 2.48 bits per heavy atom. The van der Waals surface area contributed by atoms with Gasteiger partial charge in [-0.05, 0) is 36.8 Å². The van der Waals surface area contributed by atoms with Crippen LogP contribution in [-0.4, -0.2) is 25.1 Å². The number of carbonyl (C=O) groups is 2. The first-order chi connectivity index (χ1) is 11.9. The Morgan fingerprint density at radius 2 is 1.84 bits per heavy atom. The zero-order chi connectivity index (χ0) is 18.4. The van der Waals surface area contributed by atoms with E-state index >= 15 is 0 Å². The molecular formula is C18H17F2NO4. The zero-order valence-electron chi connectivity index (χ0n) is 13.7. The monoisotopic (exact) mass is 349 g/mol. The van der Waals surface area contributed by atoms with Gasteiger partial charge in [-0.3, -0.25) is 9.59 Å². The summed E-state index contributed by atoms with van der Waals surface area (Å²) in [7, 11) is 1.34.